The van der Waals surface area contributed by atoms with E-state index in [0.717, 1.165) is 4.90 Å². The molecule has 0 aliphatic rings. The summed E-state index contributed by atoms with van der Waals surface area (Å²) in [5.41, 5.74) is 6.80. The standard InChI is InChI=1S/C24H28N2O6/c1-31-21-15-17(5-9-19(21)27)7-11-23(29)26(14-4-3-13-25)24(30)12-8-18-6-10-20(28)22(16-18)32-2/h5-12,15-16,27-28H,3-4,13-14,25H2,1-2H3/b11-7+,12-8+. The molecule has 0 saturated carbocycles. The molecule has 2 aromatic rings. The first-order valence-electron chi connectivity index (χ1n) is 10.0. The fourth-order valence-corrected chi connectivity index (χ4v) is 2.85. The summed E-state index contributed by atoms with van der Waals surface area (Å²) in [5.74, 6) is -0.416. The van der Waals surface area contributed by atoms with Crippen molar-refractivity contribution in [3.05, 3.63) is 59.7 Å². The van der Waals surface area contributed by atoms with Crippen LogP contribution in [0.1, 0.15) is 24.0 Å². The summed E-state index contributed by atoms with van der Waals surface area (Å²) in [5, 5.41) is 19.4. The van der Waals surface area contributed by atoms with Gasteiger partial charge in [0, 0.05) is 18.7 Å². The average Bonchev–Trinajstić information content (AvgIpc) is 2.80. The van der Waals surface area contributed by atoms with Crippen LogP contribution in [0, 0.1) is 0 Å². The summed E-state index contributed by atoms with van der Waals surface area (Å²) >= 11 is 0. The SMILES string of the molecule is COc1cc(/C=C/C(=O)N(CCCCN)C(=O)/C=C/c2ccc(O)c(OC)c2)ccc1O. The first-order valence-corrected chi connectivity index (χ1v) is 10.0. The Hall–Kier alpha value is -3.78. The van der Waals surface area contributed by atoms with E-state index in [-0.39, 0.29) is 29.5 Å². The number of aromatic hydroxyl groups is 2. The zero-order valence-corrected chi connectivity index (χ0v) is 18.2. The lowest BCUT2D eigenvalue weighted by Crippen LogP contribution is -2.35. The number of carbonyl (C=O) groups excluding carboxylic acids is 2. The normalized spacial score (nSPS) is 11.1. The number of rotatable bonds is 10. The molecule has 0 saturated heterocycles. The van der Waals surface area contributed by atoms with E-state index in [2.05, 4.69) is 0 Å². The molecule has 0 radical (unpaired) electrons. The number of ether oxygens (including phenoxy) is 2. The quantitative estimate of drug-likeness (QED) is 0.383. The summed E-state index contributed by atoms with van der Waals surface area (Å²) in [7, 11) is 2.86. The molecule has 0 atom stereocenters. The smallest absolute Gasteiger partial charge is 0.253 e. The molecule has 0 aromatic heterocycles. The van der Waals surface area contributed by atoms with E-state index in [1.54, 1.807) is 36.4 Å². The Morgan fingerprint density at radius 2 is 1.34 bits per heavy atom. The van der Waals surface area contributed by atoms with Crippen molar-refractivity contribution < 1.29 is 29.3 Å². The van der Waals surface area contributed by atoms with Crippen LogP contribution < -0.4 is 15.2 Å². The molecule has 2 aromatic carbocycles. The minimum Gasteiger partial charge on any atom is -0.504 e. The van der Waals surface area contributed by atoms with Gasteiger partial charge in [0.15, 0.2) is 23.0 Å². The Kier molecular flexibility index (Phi) is 9.31. The zero-order valence-electron chi connectivity index (χ0n) is 18.2. The molecule has 170 valence electrons. The number of hydrogen-bond donors (Lipinski definition) is 3. The number of hydrogen-bond acceptors (Lipinski definition) is 7. The molecule has 0 spiro atoms. The summed E-state index contributed by atoms with van der Waals surface area (Å²) < 4.78 is 10.1. The van der Waals surface area contributed by atoms with E-state index >= 15 is 0 Å². The predicted octanol–water partition coefficient (Wildman–Crippen LogP) is 2.94. The summed E-state index contributed by atoms with van der Waals surface area (Å²) in [6.07, 6.45) is 6.93. The van der Waals surface area contributed by atoms with E-state index < -0.39 is 11.8 Å². The maximum atomic E-state index is 12.7. The minimum absolute atomic E-state index is 0.00874. The van der Waals surface area contributed by atoms with E-state index in [1.807, 2.05) is 0 Å². The van der Waals surface area contributed by atoms with Crippen LogP contribution in [0.4, 0.5) is 0 Å². The van der Waals surface area contributed by atoms with E-state index in [0.29, 0.717) is 30.5 Å². The maximum absolute atomic E-state index is 12.7. The van der Waals surface area contributed by atoms with Gasteiger partial charge in [-0.05, 0) is 66.9 Å². The van der Waals surface area contributed by atoms with Crippen molar-refractivity contribution in [1.82, 2.24) is 4.90 Å². The van der Waals surface area contributed by atoms with Gasteiger partial charge in [0.2, 0.25) is 0 Å². The van der Waals surface area contributed by atoms with Crippen molar-refractivity contribution >= 4 is 24.0 Å². The lowest BCUT2D eigenvalue weighted by atomic mass is 10.1. The molecule has 0 aliphatic heterocycles. The van der Waals surface area contributed by atoms with Crippen molar-refractivity contribution in [2.45, 2.75) is 12.8 Å². The fraction of sp³-hybridized carbons (Fsp3) is 0.250. The number of nitrogens with two attached hydrogens (primary N) is 1. The van der Waals surface area contributed by atoms with Crippen molar-refractivity contribution in [3.63, 3.8) is 0 Å². The highest BCUT2D eigenvalue weighted by atomic mass is 16.5. The second-order valence-electron chi connectivity index (χ2n) is 6.85. The number of nitrogens with zero attached hydrogens (tertiary/aromatic N) is 1. The molecule has 0 heterocycles. The van der Waals surface area contributed by atoms with Crippen molar-refractivity contribution in [2.75, 3.05) is 27.3 Å². The number of unbranched alkanes of at least 4 members (excludes halogenated alkanes) is 1. The Morgan fingerprint density at radius 3 is 1.75 bits per heavy atom. The van der Waals surface area contributed by atoms with Crippen LogP contribution in [0.15, 0.2) is 48.6 Å². The highest BCUT2D eigenvalue weighted by molar-refractivity contribution is 6.07. The van der Waals surface area contributed by atoms with Gasteiger partial charge in [0.1, 0.15) is 0 Å². The number of benzene rings is 2. The van der Waals surface area contributed by atoms with Gasteiger partial charge >= 0.3 is 0 Å². The molecule has 0 bridgehead atoms. The van der Waals surface area contributed by atoms with Gasteiger partial charge in [0.05, 0.1) is 14.2 Å². The topological polar surface area (TPSA) is 122 Å². The van der Waals surface area contributed by atoms with Gasteiger partial charge in [-0.15, -0.1) is 0 Å². The highest BCUT2D eigenvalue weighted by Gasteiger charge is 2.17. The molecule has 0 fully saturated rings. The Labute approximate surface area is 187 Å². The lowest BCUT2D eigenvalue weighted by molar-refractivity contribution is -0.138. The molecule has 0 unspecified atom stereocenters. The first kappa shape index (κ1) is 24.5. The third-order valence-electron chi connectivity index (χ3n) is 4.61. The molecular weight excluding hydrogens is 412 g/mol. The van der Waals surface area contributed by atoms with Crippen LogP contribution in [-0.4, -0.2) is 54.2 Å². The van der Waals surface area contributed by atoms with E-state index in [4.69, 9.17) is 15.2 Å². The predicted molar refractivity (Wildman–Crippen MR) is 122 cm³/mol. The highest BCUT2D eigenvalue weighted by Crippen LogP contribution is 2.27. The number of carbonyl (C=O) groups is 2. The van der Waals surface area contributed by atoms with E-state index in [9.17, 15) is 19.8 Å². The second kappa shape index (κ2) is 12.2. The van der Waals surface area contributed by atoms with Crippen LogP contribution in [0.5, 0.6) is 23.0 Å². The molecule has 4 N–H and O–H groups in total. The average molecular weight is 440 g/mol. The van der Waals surface area contributed by atoms with Gasteiger partial charge in [-0.25, -0.2) is 0 Å². The maximum Gasteiger partial charge on any atom is 0.253 e. The molecule has 32 heavy (non-hydrogen) atoms. The number of phenols is 2. The molecule has 2 rings (SSSR count). The van der Waals surface area contributed by atoms with Gasteiger partial charge in [-0.2, -0.15) is 0 Å². The van der Waals surface area contributed by atoms with E-state index in [1.165, 1.54) is 38.5 Å². The van der Waals surface area contributed by atoms with Crippen LogP contribution in [-0.2, 0) is 9.59 Å². The Bertz CT molecular complexity index is 924. The largest absolute Gasteiger partial charge is 0.504 e. The van der Waals surface area contributed by atoms with Crippen LogP contribution in [0.25, 0.3) is 12.2 Å². The molecule has 8 nitrogen and oxygen atoms in total. The molecular formula is C24H28N2O6. The number of methoxy groups -OCH3 is 2. The summed E-state index contributed by atoms with van der Waals surface area (Å²) in [6.45, 7) is 0.684. The second-order valence-corrected chi connectivity index (χ2v) is 6.85. The third kappa shape index (κ3) is 6.88. The Morgan fingerprint density at radius 1 is 0.875 bits per heavy atom. The molecule has 8 heteroatoms. The van der Waals surface area contributed by atoms with Crippen molar-refractivity contribution in [2.24, 2.45) is 5.73 Å². The van der Waals surface area contributed by atoms with Crippen molar-refractivity contribution in [1.29, 1.82) is 0 Å². The monoisotopic (exact) mass is 440 g/mol. The first-order chi connectivity index (χ1) is 15.4. The lowest BCUT2D eigenvalue weighted by Gasteiger charge is -2.17. The van der Waals surface area contributed by atoms with Gasteiger partial charge < -0.3 is 25.4 Å². The minimum atomic E-state index is -0.480. The van der Waals surface area contributed by atoms with Crippen molar-refractivity contribution in [3.8, 4) is 23.0 Å². The fourth-order valence-electron chi connectivity index (χ4n) is 2.85. The van der Waals surface area contributed by atoms with Gasteiger partial charge in [0.25, 0.3) is 11.8 Å². The van der Waals surface area contributed by atoms with Crippen LogP contribution in [0.3, 0.4) is 0 Å². The molecule has 0 aliphatic carbocycles. The summed E-state index contributed by atoms with van der Waals surface area (Å²) in [4.78, 5) is 26.6. The number of phenolic OH excluding ortho intramolecular Hbond substituents is 2. The Balaban J connectivity index is 2.18. The molecule has 2 amide bonds. The van der Waals surface area contributed by atoms with Gasteiger partial charge in [-0.3, -0.25) is 14.5 Å². The third-order valence-corrected chi connectivity index (χ3v) is 4.61. The van der Waals surface area contributed by atoms with Gasteiger partial charge in [-0.1, -0.05) is 12.1 Å². The zero-order chi connectivity index (χ0) is 23.5. The number of imide groups is 1. The van der Waals surface area contributed by atoms with Crippen LogP contribution >= 0.6 is 0 Å². The summed E-state index contributed by atoms with van der Waals surface area (Å²) in [6, 6.07) is 9.33. The number of amides is 2. The van der Waals surface area contributed by atoms with Crippen LogP contribution in [0.2, 0.25) is 0 Å².